The molecule has 0 fully saturated rings. The van der Waals surface area contributed by atoms with Gasteiger partial charge in [-0.1, -0.05) is 36.4 Å². The molecule has 0 saturated heterocycles. The van der Waals surface area contributed by atoms with Gasteiger partial charge in [0.05, 0.1) is 18.8 Å². The van der Waals surface area contributed by atoms with Crippen molar-refractivity contribution in [3.05, 3.63) is 77.5 Å². The zero-order valence-electron chi connectivity index (χ0n) is 20.3. The summed E-state index contributed by atoms with van der Waals surface area (Å²) < 4.78 is 13.8. The first-order valence-electron chi connectivity index (χ1n) is 11.6. The van der Waals surface area contributed by atoms with E-state index in [2.05, 4.69) is 36.6 Å². The minimum Gasteiger partial charge on any atom is -0.483 e. The maximum atomic E-state index is 11.5. The summed E-state index contributed by atoms with van der Waals surface area (Å²) in [5.74, 6) is 0.770. The number of hydrogen-bond donors (Lipinski definition) is 3. The van der Waals surface area contributed by atoms with Crippen molar-refractivity contribution in [1.82, 2.24) is 14.7 Å². The molecule has 8 nitrogen and oxygen atoms in total. The molecule has 35 heavy (non-hydrogen) atoms. The molecule has 2 aromatic carbocycles. The Balaban J connectivity index is 1.88. The summed E-state index contributed by atoms with van der Waals surface area (Å²) in [6.07, 6.45) is 1.97. The Hall–Kier alpha value is -3.88. The molecule has 0 aliphatic heterocycles. The van der Waals surface area contributed by atoms with Crippen LogP contribution in [-0.2, 0) is 16.1 Å². The number of fused-ring (bicyclic) bond motifs is 1. The van der Waals surface area contributed by atoms with Crippen LogP contribution in [0.3, 0.4) is 0 Å². The topological polar surface area (TPSA) is 103 Å². The second-order valence-electron chi connectivity index (χ2n) is 8.33. The fourth-order valence-electron chi connectivity index (χ4n) is 4.01. The smallest absolute Gasteiger partial charge is 0.255 e. The average Bonchev–Trinajstić information content (AvgIpc) is 3.20. The number of nitrogens with two attached hydrogens (primary N) is 1. The van der Waals surface area contributed by atoms with Crippen LogP contribution in [0.2, 0.25) is 0 Å². The van der Waals surface area contributed by atoms with Gasteiger partial charge in [0.15, 0.2) is 6.61 Å². The first-order chi connectivity index (χ1) is 17.0. The van der Waals surface area contributed by atoms with Gasteiger partial charge in [0.2, 0.25) is 0 Å². The molecule has 4 rings (SSSR count). The highest BCUT2D eigenvalue weighted by molar-refractivity contribution is 5.86. The summed E-state index contributed by atoms with van der Waals surface area (Å²) in [7, 11) is 1.88. The fraction of sp³-hybridized carbons (Fsp3) is 0.259. The van der Waals surface area contributed by atoms with Crippen LogP contribution in [0.4, 0.5) is 11.5 Å². The van der Waals surface area contributed by atoms with Crippen LogP contribution >= 0.6 is 0 Å². The largest absolute Gasteiger partial charge is 0.483 e. The fourth-order valence-corrected chi connectivity index (χ4v) is 4.01. The monoisotopic (exact) mass is 473 g/mol. The number of pyridine rings is 1. The Kier molecular flexibility index (Phi) is 7.64. The van der Waals surface area contributed by atoms with Gasteiger partial charge in [-0.25, -0.2) is 4.98 Å². The molecule has 4 N–H and O–H groups in total. The molecular weight excluding hydrogens is 442 g/mol. The molecule has 0 radical (unpaired) electrons. The molecule has 0 saturated carbocycles. The second kappa shape index (κ2) is 11.0. The zero-order valence-corrected chi connectivity index (χ0v) is 20.3. The number of aryl methyl sites for hydroxylation is 2. The number of primary amides is 1. The van der Waals surface area contributed by atoms with E-state index in [0.717, 1.165) is 46.0 Å². The SMILES string of the molecule is CNCCOCc1cccc(OCC(N)=O)c1-c1nc2ccccn2c1Nc1c(C)cccc1C. The van der Waals surface area contributed by atoms with Crippen molar-refractivity contribution in [2.45, 2.75) is 20.5 Å². The summed E-state index contributed by atoms with van der Waals surface area (Å²) in [5.41, 5.74) is 11.8. The van der Waals surface area contributed by atoms with E-state index in [-0.39, 0.29) is 6.61 Å². The van der Waals surface area contributed by atoms with Crippen molar-refractivity contribution in [2.24, 2.45) is 5.73 Å². The molecule has 0 bridgehead atoms. The van der Waals surface area contributed by atoms with E-state index >= 15 is 0 Å². The molecule has 182 valence electrons. The van der Waals surface area contributed by atoms with Gasteiger partial charge < -0.3 is 25.8 Å². The number of amides is 1. The second-order valence-corrected chi connectivity index (χ2v) is 8.33. The van der Waals surface area contributed by atoms with Crippen molar-refractivity contribution in [2.75, 3.05) is 32.1 Å². The number of carbonyl (C=O) groups excluding carboxylic acids is 1. The van der Waals surface area contributed by atoms with E-state index in [1.54, 1.807) is 0 Å². The molecule has 0 spiro atoms. The minimum absolute atomic E-state index is 0.232. The molecular formula is C27H31N5O3. The molecule has 8 heteroatoms. The van der Waals surface area contributed by atoms with Gasteiger partial charge >= 0.3 is 0 Å². The normalized spacial score (nSPS) is 11.1. The zero-order chi connectivity index (χ0) is 24.8. The van der Waals surface area contributed by atoms with E-state index in [1.807, 2.05) is 60.1 Å². The maximum absolute atomic E-state index is 11.5. The van der Waals surface area contributed by atoms with Crippen LogP contribution in [0.25, 0.3) is 16.9 Å². The standard InChI is InChI=1S/C27H31N5O3/c1-18-8-6-9-19(2)25(18)31-27-26(30-23-12-4-5-14-32(23)27)24-20(16-34-15-13-29-3)10-7-11-21(24)35-17-22(28)33/h4-12,14,29,31H,13,15-17H2,1-3H3,(H2,28,33). The number of aromatic nitrogens is 2. The highest BCUT2D eigenvalue weighted by atomic mass is 16.5. The number of hydrogen-bond acceptors (Lipinski definition) is 6. The van der Waals surface area contributed by atoms with Crippen molar-refractivity contribution < 1.29 is 14.3 Å². The summed E-state index contributed by atoms with van der Waals surface area (Å²) in [4.78, 5) is 16.5. The van der Waals surface area contributed by atoms with Gasteiger partial charge in [-0.3, -0.25) is 9.20 Å². The number of likely N-dealkylation sites (N-methyl/N-ethyl adjacent to an activating group) is 1. The number of benzene rings is 2. The quantitative estimate of drug-likeness (QED) is 0.285. The van der Waals surface area contributed by atoms with Crippen LogP contribution in [0.1, 0.15) is 16.7 Å². The van der Waals surface area contributed by atoms with Crippen molar-refractivity contribution >= 4 is 23.1 Å². The van der Waals surface area contributed by atoms with Crippen LogP contribution in [0, 0.1) is 13.8 Å². The summed E-state index contributed by atoms with van der Waals surface area (Å²) >= 11 is 0. The van der Waals surface area contributed by atoms with Crippen LogP contribution in [0.15, 0.2) is 60.8 Å². The van der Waals surface area contributed by atoms with Gasteiger partial charge in [-0.05, 0) is 55.8 Å². The third kappa shape index (κ3) is 5.45. The molecule has 0 atom stereocenters. The van der Waals surface area contributed by atoms with Gasteiger partial charge in [0.25, 0.3) is 5.91 Å². The van der Waals surface area contributed by atoms with Gasteiger partial charge in [-0.2, -0.15) is 0 Å². The summed E-state index contributed by atoms with van der Waals surface area (Å²) in [5, 5.41) is 6.71. The summed E-state index contributed by atoms with van der Waals surface area (Å²) in [6, 6.07) is 17.7. The lowest BCUT2D eigenvalue weighted by molar-refractivity contribution is -0.119. The van der Waals surface area contributed by atoms with E-state index in [9.17, 15) is 4.79 Å². The number of para-hydroxylation sites is 1. The number of nitrogens with zero attached hydrogens (tertiary/aromatic N) is 2. The van der Waals surface area contributed by atoms with Gasteiger partial charge in [0.1, 0.15) is 22.9 Å². The lowest BCUT2D eigenvalue weighted by atomic mass is 10.0. The number of nitrogens with one attached hydrogen (secondary N) is 2. The number of anilines is 2. The first kappa shape index (κ1) is 24.3. The Morgan fingerprint density at radius 2 is 1.83 bits per heavy atom. The molecule has 0 aliphatic carbocycles. The average molecular weight is 474 g/mol. The highest BCUT2D eigenvalue weighted by Crippen LogP contribution is 2.40. The van der Waals surface area contributed by atoms with Gasteiger partial charge in [0, 0.05) is 18.4 Å². The van der Waals surface area contributed by atoms with Crippen LogP contribution in [-0.4, -0.2) is 42.1 Å². The van der Waals surface area contributed by atoms with Crippen LogP contribution < -0.4 is 21.1 Å². The maximum Gasteiger partial charge on any atom is 0.255 e. The number of imidazole rings is 1. The third-order valence-corrected chi connectivity index (χ3v) is 5.73. The Bertz CT molecular complexity index is 1310. The predicted molar refractivity (Wildman–Crippen MR) is 138 cm³/mol. The van der Waals surface area contributed by atoms with E-state index in [4.69, 9.17) is 20.2 Å². The molecule has 2 heterocycles. The Labute approximate surface area is 205 Å². The number of ether oxygens (including phenoxy) is 2. The van der Waals surface area contributed by atoms with Crippen molar-refractivity contribution in [1.29, 1.82) is 0 Å². The van der Waals surface area contributed by atoms with E-state index < -0.39 is 5.91 Å². The van der Waals surface area contributed by atoms with E-state index in [1.165, 1.54) is 0 Å². The molecule has 0 unspecified atom stereocenters. The lowest BCUT2D eigenvalue weighted by Gasteiger charge is -2.17. The van der Waals surface area contributed by atoms with Crippen molar-refractivity contribution in [3.8, 4) is 17.0 Å². The predicted octanol–water partition coefficient (Wildman–Crippen LogP) is 3.96. The molecule has 1 amide bonds. The van der Waals surface area contributed by atoms with Crippen LogP contribution in [0.5, 0.6) is 5.75 Å². The number of carbonyl (C=O) groups is 1. The Morgan fingerprint density at radius 3 is 2.57 bits per heavy atom. The molecule has 0 aliphatic rings. The van der Waals surface area contributed by atoms with E-state index in [0.29, 0.717) is 24.7 Å². The lowest BCUT2D eigenvalue weighted by Crippen LogP contribution is -2.20. The van der Waals surface area contributed by atoms with Gasteiger partial charge in [-0.15, -0.1) is 0 Å². The summed E-state index contributed by atoms with van der Waals surface area (Å²) in [6.45, 7) is 5.57. The van der Waals surface area contributed by atoms with Crippen molar-refractivity contribution in [3.63, 3.8) is 0 Å². The Morgan fingerprint density at radius 1 is 1.06 bits per heavy atom. The third-order valence-electron chi connectivity index (χ3n) is 5.73. The number of rotatable bonds is 11. The highest BCUT2D eigenvalue weighted by Gasteiger charge is 2.22. The molecule has 4 aromatic rings. The minimum atomic E-state index is -0.546. The molecule has 2 aromatic heterocycles. The first-order valence-corrected chi connectivity index (χ1v) is 11.6.